The van der Waals surface area contributed by atoms with Crippen LogP contribution in [0.4, 0.5) is 11.5 Å². The molecule has 29 heavy (non-hydrogen) atoms. The van der Waals surface area contributed by atoms with Crippen molar-refractivity contribution in [2.75, 3.05) is 36.5 Å². The van der Waals surface area contributed by atoms with Crippen molar-refractivity contribution in [3.05, 3.63) is 71.3 Å². The number of fused-ring (bicyclic) bond motifs is 1. The first kappa shape index (κ1) is 19.2. The highest BCUT2D eigenvalue weighted by molar-refractivity contribution is 6.03. The van der Waals surface area contributed by atoms with Crippen molar-refractivity contribution in [2.24, 2.45) is 0 Å². The zero-order valence-corrected chi connectivity index (χ0v) is 16.8. The molecule has 0 aliphatic carbocycles. The number of pyridine rings is 1. The van der Waals surface area contributed by atoms with Gasteiger partial charge in [-0.3, -0.25) is 4.79 Å². The summed E-state index contributed by atoms with van der Waals surface area (Å²) in [5.74, 6) is 0.830. The normalized spacial score (nSPS) is 14.5. The van der Waals surface area contributed by atoms with Crippen LogP contribution in [0.1, 0.15) is 16.7 Å². The highest BCUT2D eigenvalue weighted by Crippen LogP contribution is 2.26. The van der Waals surface area contributed by atoms with Crippen LogP contribution in [0.15, 0.2) is 54.6 Å². The van der Waals surface area contributed by atoms with Crippen LogP contribution in [0, 0.1) is 13.8 Å². The molecule has 5 heteroatoms. The lowest BCUT2D eigenvalue weighted by Crippen LogP contribution is -2.36. The molecule has 148 valence electrons. The maximum Gasteiger partial charge on any atom is 0.248 e. The minimum Gasteiger partial charge on any atom is -0.378 e. The number of aromatic nitrogens is 1. The van der Waals surface area contributed by atoms with Gasteiger partial charge in [0.1, 0.15) is 5.82 Å². The highest BCUT2D eigenvalue weighted by atomic mass is 16.5. The Labute approximate surface area is 171 Å². The molecule has 0 radical (unpaired) electrons. The molecule has 1 aliphatic heterocycles. The van der Waals surface area contributed by atoms with E-state index in [1.54, 1.807) is 6.08 Å². The fraction of sp³-hybridized carbons (Fsp3) is 0.250. The highest BCUT2D eigenvalue weighted by Gasteiger charge is 2.14. The first-order chi connectivity index (χ1) is 14.1. The van der Waals surface area contributed by atoms with Gasteiger partial charge in [0.15, 0.2) is 0 Å². The Morgan fingerprint density at radius 3 is 2.59 bits per heavy atom. The van der Waals surface area contributed by atoms with E-state index >= 15 is 0 Å². The van der Waals surface area contributed by atoms with Gasteiger partial charge in [-0.2, -0.15) is 0 Å². The predicted octanol–water partition coefficient (Wildman–Crippen LogP) is 4.34. The molecule has 4 rings (SSSR count). The number of amides is 1. The monoisotopic (exact) mass is 387 g/mol. The summed E-state index contributed by atoms with van der Waals surface area (Å²) in [5.41, 5.74) is 5.03. The van der Waals surface area contributed by atoms with Crippen molar-refractivity contribution in [1.29, 1.82) is 0 Å². The topological polar surface area (TPSA) is 54.5 Å². The van der Waals surface area contributed by atoms with E-state index in [1.165, 1.54) is 5.56 Å². The average Bonchev–Trinajstić information content (AvgIpc) is 2.74. The maximum absolute atomic E-state index is 12.3. The number of ether oxygens (including phenoxy) is 1. The standard InChI is InChI=1S/C24H25N3O2/c1-17-3-5-19(6-4-17)7-10-24(28)25-20-8-9-22-21(16-20)18(2)15-23(26-22)27-11-13-29-14-12-27/h3-10,15-16H,11-14H2,1-2H3,(H,25,28)/b10-7+. The molecule has 1 aromatic heterocycles. The molecule has 1 N–H and O–H groups in total. The van der Waals surface area contributed by atoms with Crippen LogP contribution in [-0.2, 0) is 9.53 Å². The molecule has 1 aliphatic rings. The number of rotatable bonds is 4. The van der Waals surface area contributed by atoms with E-state index in [1.807, 2.05) is 55.5 Å². The number of anilines is 2. The van der Waals surface area contributed by atoms with Gasteiger partial charge in [0.05, 0.1) is 18.7 Å². The number of hydrogen-bond donors (Lipinski definition) is 1. The minimum atomic E-state index is -0.152. The Morgan fingerprint density at radius 1 is 1.07 bits per heavy atom. The summed E-state index contributed by atoms with van der Waals surface area (Å²) in [6.45, 7) is 7.32. The van der Waals surface area contributed by atoms with Gasteiger partial charge >= 0.3 is 0 Å². The fourth-order valence-corrected chi connectivity index (χ4v) is 3.44. The molecular weight excluding hydrogens is 362 g/mol. The molecule has 2 heterocycles. The van der Waals surface area contributed by atoms with Crippen molar-refractivity contribution >= 4 is 34.4 Å². The Morgan fingerprint density at radius 2 is 1.83 bits per heavy atom. The second-order valence-electron chi connectivity index (χ2n) is 7.36. The summed E-state index contributed by atoms with van der Waals surface area (Å²) in [4.78, 5) is 19.4. The molecule has 1 amide bonds. The van der Waals surface area contributed by atoms with Crippen molar-refractivity contribution in [3.63, 3.8) is 0 Å². The number of aryl methyl sites for hydroxylation is 2. The fourth-order valence-electron chi connectivity index (χ4n) is 3.44. The number of carbonyl (C=O) groups is 1. The quantitative estimate of drug-likeness (QED) is 0.677. The van der Waals surface area contributed by atoms with Crippen LogP contribution in [0.5, 0.6) is 0 Å². The van der Waals surface area contributed by atoms with Gasteiger partial charge in [-0.15, -0.1) is 0 Å². The molecular formula is C24H25N3O2. The second kappa shape index (κ2) is 8.45. The number of hydrogen-bond acceptors (Lipinski definition) is 4. The van der Waals surface area contributed by atoms with Gasteiger partial charge in [0, 0.05) is 30.2 Å². The largest absolute Gasteiger partial charge is 0.378 e. The third kappa shape index (κ3) is 4.63. The summed E-state index contributed by atoms with van der Waals surface area (Å²) in [5, 5.41) is 3.98. The molecule has 3 aromatic rings. The third-order valence-electron chi connectivity index (χ3n) is 5.11. The lowest BCUT2D eigenvalue weighted by molar-refractivity contribution is -0.111. The van der Waals surface area contributed by atoms with Crippen molar-refractivity contribution in [3.8, 4) is 0 Å². The van der Waals surface area contributed by atoms with Crippen LogP contribution in [-0.4, -0.2) is 37.2 Å². The summed E-state index contributed by atoms with van der Waals surface area (Å²) in [6.07, 6.45) is 3.37. The third-order valence-corrected chi connectivity index (χ3v) is 5.11. The lowest BCUT2D eigenvalue weighted by atomic mass is 10.1. The number of morpholine rings is 1. The van der Waals surface area contributed by atoms with Crippen LogP contribution >= 0.6 is 0 Å². The van der Waals surface area contributed by atoms with Gasteiger partial charge in [0.2, 0.25) is 5.91 Å². The van der Waals surface area contributed by atoms with Gasteiger partial charge in [-0.1, -0.05) is 29.8 Å². The summed E-state index contributed by atoms with van der Waals surface area (Å²) < 4.78 is 5.43. The first-order valence-electron chi connectivity index (χ1n) is 9.88. The van der Waals surface area contributed by atoms with Gasteiger partial charge in [-0.05, 0) is 55.3 Å². The Kier molecular flexibility index (Phi) is 5.58. The molecule has 5 nitrogen and oxygen atoms in total. The summed E-state index contributed by atoms with van der Waals surface area (Å²) in [6, 6.07) is 16.0. The van der Waals surface area contributed by atoms with E-state index < -0.39 is 0 Å². The molecule has 0 unspecified atom stereocenters. The van der Waals surface area contributed by atoms with E-state index in [9.17, 15) is 4.79 Å². The lowest BCUT2D eigenvalue weighted by Gasteiger charge is -2.28. The van der Waals surface area contributed by atoms with Gasteiger partial charge < -0.3 is 15.0 Å². The number of carbonyl (C=O) groups excluding carboxylic acids is 1. The second-order valence-corrected chi connectivity index (χ2v) is 7.36. The molecule has 1 saturated heterocycles. The van der Waals surface area contributed by atoms with Crippen molar-refractivity contribution < 1.29 is 9.53 Å². The smallest absolute Gasteiger partial charge is 0.248 e. The predicted molar refractivity (Wildman–Crippen MR) is 118 cm³/mol. The molecule has 0 spiro atoms. The number of nitrogens with one attached hydrogen (secondary N) is 1. The number of benzene rings is 2. The Hall–Kier alpha value is -3.18. The van der Waals surface area contributed by atoms with Crippen molar-refractivity contribution in [1.82, 2.24) is 4.98 Å². The van der Waals surface area contributed by atoms with E-state index in [4.69, 9.17) is 9.72 Å². The Bertz CT molecular complexity index is 1050. The van der Waals surface area contributed by atoms with Crippen LogP contribution < -0.4 is 10.2 Å². The van der Waals surface area contributed by atoms with Crippen LogP contribution in [0.25, 0.3) is 17.0 Å². The maximum atomic E-state index is 12.3. The van der Waals surface area contributed by atoms with Gasteiger partial charge in [0.25, 0.3) is 0 Å². The zero-order chi connectivity index (χ0) is 20.2. The molecule has 0 atom stereocenters. The van der Waals surface area contributed by atoms with E-state index in [2.05, 4.69) is 23.2 Å². The van der Waals surface area contributed by atoms with E-state index in [0.29, 0.717) is 0 Å². The SMILES string of the molecule is Cc1ccc(/C=C/C(=O)Nc2ccc3nc(N4CCOCC4)cc(C)c3c2)cc1. The molecule has 0 bridgehead atoms. The molecule has 1 fully saturated rings. The van der Waals surface area contributed by atoms with Gasteiger partial charge in [-0.25, -0.2) is 4.98 Å². The Balaban J connectivity index is 1.50. The van der Waals surface area contributed by atoms with E-state index in [-0.39, 0.29) is 5.91 Å². The molecule has 0 saturated carbocycles. The first-order valence-corrected chi connectivity index (χ1v) is 9.88. The van der Waals surface area contributed by atoms with Crippen LogP contribution in [0.3, 0.4) is 0 Å². The number of nitrogens with zero attached hydrogens (tertiary/aromatic N) is 2. The average molecular weight is 387 g/mol. The zero-order valence-electron chi connectivity index (χ0n) is 16.8. The van der Waals surface area contributed by atoms with Crippen LogP contribution in [0.2, 0.25) is 0 Å². The summed E-state index contributed by atoms with van der Waals surface area (Å²) in [7, 11) is 0. The van der Waals surface area contributed by atoms with Crippen molar-refractivity contribution in [2.45, 2.75) is 13.8 Å². The minimum absolute atomic E-state index is 0.152. The summed E-state index contributed by atoms with van der Waals surface area (Å²) >= 11 is 0. The van der Waals surface area contributed by atoms with E-state index in [0.717, 1.165) is 59.8 Å². The molecule has 2 aromatic carbocycles.